The maximum absolute atomic E-state index is 11.3. The van der Waals surface area contributed by atoms with Crippen LogP contribution in [-0.2, 0) is 9.53 Å². The molecule has 4 heteroatoms. The lowest BCUT2D eigenvalue weighted by Gasteiger charge is -2.09. The minimum Gasteiger partial charge on any atom is -0.380 e. The predicted octanol–water partition coefficient (Wildman–Crippen LogP) is 0.904. The first-order valence-corrected chi connectivity index (χ1v) is 5.75. The molecule has 0 spiro atoms. The molecule has 0 aromatic carbocycles. The van der Waals surface area contributed by atoms with Gasteiger partial charge in [-0.3, -0.25) is 4.79 Å². The summed E-state index contributed by atoms with van der Waals surface area (Å²) in [5.74, 6) is 0.645. The van der Waals surface area contributed by atoms with Crippen molar-refractivity contribution in [3.05, 3.63) is 0 Å². The zero-order chi connectivity index (χ0) is 11.5. The van der Waals surface area contributed by atoms with Gasteiger partial charge in [0.1, 0.15) is 0 Å². The fraction of sp³-hybridized carbons (Fsp3) is 0.909. The molecule has 1 amide bonds. The van der Waals surface area contributed by atoms with Crippen molar-refractivity contribution in [2.24, 2.45) is 11.7 Å². The first-order valence-electron chi connectivity index (χ1n) is 5.75. The Bertz CT molecular complexity index is 163. The molecule has 0 aromatic heterocycles. The predicted molar refractivity (Wildman–Crippen MR) is 61.6 cm³/mol. The number of carbonyl (C=O) groups excluding carboxylic acids is 1. The van der Waals surface area contributed by atoms with Crippen LogP contribution in [-0.4, -0.2) is 32.2 Å². The monoisotopic (exact) mass is 216 g/mol. The normalized spacial score (nSPS) is 12.5. The van der Waals surface area contributed by atoms with Gasteiger partial charge in [-0.2, -0.15) is 0 Å². The Kier molecular flexibility index (Phi) is 9.52. The number of nitrogens with two attached hydrogens (primary N) is 1. The lowest BCUT2D eigenvalue weighted by Crippen LogP contribution is -2.27. The van der Waals surface area contributed by atoms with Gasteiger partial charge in [-0.25, -0.2) is 0 Å². The molecule has 0 bridgehead atoms. The van der Waals surface area contributed by atoms with Crippen LogP contribution in [0.2, 0.25) is 0 Å². The number of nitrogens with one attached hydrogen (secondary N) is 1. The molecule has 0 aliphatic heterocycles. The van der Waals surface area contributed by atoms with Crippen molar-refractivity contribution in [2.75, 3.05) is 26.3 Å². The summed E-state index contributed by atoms with van der Waals surface area (Å²) < 4.78 is 5.12. The molecule has 0 rings (SSSR count). The highest BCUT2D eigenvalue weighted by atomic mass is 16.5. The standard InChI is InChI=1S/C11H24N2O2/c1-3-15-9-8-13-11(14)5-4-10(2)6-7-12/h10H,3-9,12H2,1-2H3,(H,13,14). The summed E-state index contributed by atoms with van der Waals surface area (Å²) >= 11 is 0. The van der Waals surface area contributed by atoms with Crippen LogP contribution in [0.4, 0.5) is 0 Å². The van der Waals surface area contributed by atoms with Gasteiger partial charge in [0.05, 0.1) is 6.61 Å². The average molecular weight is 216 g/mol. The number of rotatable bonds is 9. The molecule has 0 aromatic rings. The summed E-state index contributed by atoms with van der Waals surface area (Å²) in [6.45, 7) is 6.67. The second-order valence-corrected chi connectivity index (χ2v) is 3.77. The van der Waals surface area contributed by atoms with E-state index in [0.717, 1.165) is 12.8 Å². The third-order valence-corrected chi connectivity index (χ3v) is 2.30. The van der Waals surface area contributed by atoms with Gasteiger partial charge in [0.25, 0.3) is 0 Å². The Morgan fingerprint density at radius 1 is 1.47 bits per heavy atom. The topological polar surface area (TPSA) is 64.3 Å². The Labute approximate surface area is 92.6 Å². The second kappa shape index (κ2) is 9.93. The van der Waals surface area contributed by atoms with Crippen LogP contribution < -0.4 is 11.1 Å². The van der Waals surface area contributed by atoms with E-state index in [0.29, 0.717) is 38.6 Å². The van der Waals surface area contributed by atoms with E-state index in [4.69, 9.17) is 10.5 Å². The van der Waals surface area contributed by atoms with Gasteiger partial charge in [-0.05, 0) is 32.2 Å². The number of hydrogen-bond donors (Lipinski definition) is 2. The molecule has 1 atom stereocenters. The highest BCUT2D eigenvalue weighted by molar-refractivity contribution is 5.75. The van der Waals surface area contributed by atoms with Crippen LogP contribution in [0, 0.1) is 5.92 Å². The van der Waals surface area contributed by atoms with Crippen LogP contribution in [0.15, 0.2) is 0 Å². The van der Waals surface area contributed by atoms with Crippen LogP contribution in [0.5, 0.6) is 0 Å². The van der Waals surface area contributed by atoms with Crippen LogP contribution in [0.1, 0.15) is 33.1 Å². The maximum atomic E-state index is 11.3. The first kappa shape index (κ1) is 14.4. The van der Waals surface area contributed by atoms with E-state index in [9.17, 15) is 4.79 Å². The number of hydrogen-bond acceptors (Lipinski definition) is 3. The molecule has 0 fully saturated rings. The molecule has 0 aliphatic rings. The fourth-order valence-corrected chi connectivity index (χ4v) is 1.30. The third kappa shape index (κ3) is 9.69. The number of amides is 1. The zero-order valence-electron chi connectivity index (χ0n) is 9.92. The van der Waals surface area contributed by atoms with Crippen molar-refractivity contribution in [2.45, 2.75) is 33.1 Å². The van der Waals surface area contributed by atoms with Crippen molar-refractivity contribution in [3.8, 4) is 0 Å². The SMILES string of the molecule is CCOCCNC(=O)CCC(C)CCN. The van der Waals surface area contributed by atoms with E-state index in [1.54, 1.807) is 0 Å². The van der Waals surface area contributed by atoms with Gasteiger partial charge in [-0.15, -0.1) is 0 Å². The third-order valence-electron chi connectivity index (χ3n) is 2.30. The van der Waals surface area contributed by atoms with Crippen LogP contribution in [0.3, 0.4) is 0 Å². The highest BCUT2D eigenvalue weighted by Gasteiger charge is 2.05. The molecule has 0 heterocycles. The maximum Gasteiger partial charge on any atom is 0.220 e. The minimum atomic E-state index is 0.110. The Balaban J connectivity index is 3.32. The van der Waals surface area contributed by atoms with Crippen molar-refractivity contribution >= 4 is 5.91 Å². The minimum absolute atomic E-state index is 0.110. The van der Waals surface area contributed by atoms with Crippen molar-refractivity contribution < 1.29 is 9.53 Å². The first-order chi connectivity index (χ1) is 7.20. The smallest absolute Gasteiger partial charge is 0.220 e. The summed E-state index contributed by atoms with van der Waals surface area (Å²) in [5, 5.41) is 2.82. The van der Waals surface area contributed by atoms with E-state index in [1.807, 2.05) is 6.92 Å². The lowest BCUT2D eigenvalue weighted by molar-refractivity contribution is -0.121. The van der Waals surface area contributed by atoms with E-state index in [1.165, 1.54) is 0 Å². The Hall–Kier alpha value is -0.610. The van der Waals surface area contributed by atoms with E-state index in [2.05, 4.69) is 12.2 Å². The second-order valence-electron chi connectivity index (χ2n) is 3.77. The van der Waals surface area contributed by atoms with E-state index < -0.39 is 0 Å². The van der Waals surface area contributed by atoms with Gasteiger partial charge in [-0.1, -0.05) is 6.92 Å². The molecule has 0 aliphatic carbocycles. The van der Waals surface area contributed by atoms with Crippen LogP contribution >= 0.6 is 0 Å². The molecule has 3 N–H and O–H groups in total. The van der Waals surface area contributed by atoms with Crippen molar-refractivity contribution in [1.82, 2.24) is 5.32 Å². The van der Waals surface area contributed by atoms with Crippen LogP contribution in [0.25, 0.3) is 0 Å². The summed E-state index contributed by atoms with van der Waals surface area (Å²) in [5.41, 5.74) is 5.43. The Morgan fingerprint density at radius 2 is 2.20 bits per heavy atom. The quantitative estimate of drug-likeness (QED) is 0.563. The van der Waals surface area contributed by atoms with E-state index >= 15 is 0 Å². The summed E-state index contributed by atoms with van der Waals surface area (Å²) in [6.07, 6.45) is 2.50. The molecule has 0 saturated carbocycles. The average Bonchev–Trinajstić information content (AvgIpc) is 2.22. The van der Waals surface area contributed by atoms with Gasteiger partial charge in [0, 0.05) is 19.6 Å². The summed E-state index contributed by atoms with van der Waals surface area (Å²) in [4.78, 5) is 11.3. The Morgan fingerprint density at radius 3 is 2.80 bits per heavy atom. The zero-order valence-corrected chi connectivity index (χ0v) is 9.92. The van der Waals surface area contributed by atoms with Gasteiger partial charge >= 0.3 is 0 Å². The number of ether oxygens (including phenoxy) is 1. The van der Waals surface area contributed by atoms with Crippen molar-refractivity contribution in [1.29, 1.82) is 0 Å². The number of carbonyl (C=O) groups is 1. The molecule has 90 valence electrons. The van der Waals surface area contributed by atoms with E-state index in [-0.39, 0.29) is 5.91 Å². The lowest BCUT2D eigenvalue weighted by atomic mass is 10.0. The molecular formula is C11H24N2O2. The van der Waals surface area contributed by atoms with Gasteiger partial charge < -0.3 is 15.8 Å². The largest absolute Gasteiger partial charge is 0.380 e. The molecule has 4 nitrogen and oxygen atoms in total. The fourth-order valence-electron chi connectivity index (χ4n) is 1.30. The van der Waals surface area contributed by atoms with Gasteiger partial charge in [0.15, 0.2) is 0 Å². The summed E-state index contributed by atoms with van der Waals surface area (Å²) in [7, 11) is 0. The molecular weight excluding hydrogens is 192 g/mol. The van der Waals surface area contributed by atoms with Gasteiger partial charge in [0.2, 0.25) is 5.91 Å². The molecule has 0 radical (unpaired) electrons. The highest BCUT2D eigenvalue weighted by Crippen LogP contribution is 2.08. The molecule has 1 unspecified atom stereocenters. The molecule has 0 saturated heterocycles. The van der Waals surface area contributed by atoms with Crippen molar-refractivity contribution in [3.63, 3.8) is 0 Å². The summed E-state index contributed by atoms with van der Waals surface area (Å²) in [6, 6.07) is 0. The molecule has 15 heavy (non-hydrogen) atoms.